The summed E-state index contributed by atoms with van der Waals surface area (Å²) in [6.45, 7) is 0.309. The maximum absolute atomic E-state index is 5.29. The zero-order chi connectivity index (χ0) is 13.9. The minimum Gasteiger partial charge on any atom is -0.481 e. The Bertz CT molecular complexity index is 739. The molecule has 2 aromatic heterocycles. The Balaban J connectivity index is 2.17. The molecule has 0 unspecified atom stereocenters. The van der Waals surface area contributed by atoms with Crippen LogP contribution in [0.25, 0.3) is 22.4 Å². The fraction of sp³-hybridized carbons (Fsp3) is 0.214. The number of para-hydroxylation sites is 1. The molecule has 20 heavy (non-hydrogen) atoms. The maximum atomic E-state index is 5.29. The summed E-state index contributed by atoms with van der Waals surface area (Å²) < 4.78 is 15.5. The molecule has 2 heterocycles. The van der Waals surface area contributed by atoms with Gasteiger partial charge in [0.2, 0.25) is 5.88 Å². The van der Waals surface area contributed by atoms with Crippen molar-refractivity contribution in [1.29, 1.82) is 0 Å². The van der Waals surface area contributed by atoms with E-state index in [9.17, 15) is 0 Å². The molecule has 3 aromatic rings. The quantitative estimate of drug-likeness (QED) is 0.725. The lowest BCUT2D eigenvalue weighted by molar-refractivity contribution is 0.174. The van der Waals surface area contributed by atoms with Crippen molar-refractivity contribution in [3.8, 4) is 17.3 Å². The molecule has 0 atom stereocenters. The average Bonchev–Trinajstić information content (AvgIpc) is 2.95. The number of aromatic nitrogens is 3. The van der Waals surface area contributed by atoms with Gasteiger partial charge in [0, 0.05) is 18.6 Å². The number of rotatable bonds is 4. The normalized spacial score (nSPS) is 10.9. The largest absolute Gasteiger partial charge is 0.481 e. The molecule has 0 saturated carbocycles. The molecule has 6 heteroatoms. The highest BCUT2D eigenvalue weighted by molar-refractivity contribution is 5.92. The molecule has 0 aliphatic carbocycles. The Labute approximate surface area is 115 Å². The van der Waals surface area contributed by atoms with Crippen molar-refractivity contribution >= 4 is 10.9 Å². The van der Waals surface area contributed by atoms with Gasteiger partial charge >= 0.3 is 0 Å². The Morgan fingerprint density at radius 3 is 2.80 bits per heavy atom. The number of hydrogen-bond acceptors (Lipinski definition) is 6. The van der Waals surface area contributed by atoms with Crippen molar-refractivity contribution in [1.82, 2.24) is 15.1 Å². The highest BCUT2D eigenvalue weighted by Crippen LogP contribution is 2.29. The van der Waals surface area contributed by atoms with Gasteiger partial charge in [-0.05, 0) is 6.07 Å². The Kier molecular flexibility index (Phi) is 3.30. The van der Waals surface area contributed by atoms with Crippen LogP contribution >= 0.6 is 0 Å². The average molecular weight is 271 g/mol. The number of fused-ring (bicyclic) bond motifs is 1. The van der Waals surface area contributed by atoms with E-state index in [4.69, 9.17) is 14.0 Å². The first-order chi connectivity index (χ1) is 9.81. The van der Waals surface area contributed by atoms with Gasteiger partial charge in [0.05, 0.1) is 18.2 Å². The van der Waals surface area contributed by atoms with E-state index < -0.39 is 0 Å². The minimum atomic E-state index is 0.309. The summed E-state index contributed by atoms with van der Waals surface area (Å²) in [5.41, 5.74) is 1.61. The molecule has 3 rings (SSSR count). The van der Waals surface area contributed by atoms with Gasteiger partial charge in [-0.15, -0.1) is 0 Å². The number of nitrogens with zero attached hydrogens (tertiary/aromatic N) is 3. The van der Waals surface area contributed by atoms with Crippen LogP contribution in [-0.2, 0) is 11.3 Å². The smallest absolute Gasteiger partial charge is 0.258 e. The Morgan fingerprint density at radius 2 is 2.00 bits per heavy atom. The highest BCUT2D eigenvalue weighted by atomic mass is 16.5. The SMILES string of the molecule is COCc1noc(-c2cc(OC)nc3ccccc23)n1. The third-order valence-electron chi connectivity index (χ3n) is 2.87. The summed E-state index contributed by atoms with van der Waals surface area (Å²) in [5.74, 6) is 1.43. The van der Waals surface area contributed by atoms with Gasteiger partial charge < -0.3 is 14.0 Å². The predicted molar refractivity (Wildman–Crippen MR) is 72.3 cm³/mol. The molecular weight excluding hydrogens is 258 g/mol. The van der Waals surface area contributed by atoms with Crippen molar-refractivity contribution in [2.75, 3.05) is 14.2 Å². The van der Waals surface area contributed by atoms with Crippen molar-refractivity contribution in [2.45, 2.75) is 6.61 Å². The summed E-state index contributed by atoms with van der Waals surface area (Å²) in [5, 5.41) is 4.80. The topological polar surface area (TPSA) is 70.3 Å². The number of hydrogen-bond donors (Lipinski definition) is 0. The van der Waals surface area contributed by atoms with Crippen molar-refractivity contribution in [3.63, 3.8) is 0 Å². The van der Waals surface area contributed by atoms with Gasteiger partial charge in [-0.3, -0.25) is 0 Å². The molecule has 0 spiro atoms. The van der Waals surface area contributed by atoms with E-state index in [0.717, 1.165) is 16.5 Å². The van der Waals surface area contributed by atoms with Gasteiger partial charge in [0.15, 0.2) is 5.82 Å². The van der Waals surface area contributed by atoms with Gasteiger partial charge in [-0.2, -0.15) is 4.98 Å². The van der Waals surface area contributed by atoms with E-state index in [1.165, 1.54) is 0 Å². The van der Waals surface area contributed by atoms with Gasteiger partial charge in [0.1, 0.15) is 6.61 Å². The number of pyridine rings is 1. The minimum absolute atomic E-state index is 0.309. The Morgan fingerprint density at radius 1 is 1.15 bits per heavy atom. The van der Waals surface area contributed by atoms with E-state index in [1.807, 2.05) is 24.3 Å². The van der Waals surface area contributed by atoms with E-state index in [-0.39, 0.29) is 0 Å². The molecule has 0 amide bonds. The molecule has 1 aromatic carbocycles. The van der Waals surface area contributed by atoms with Crippen LogP contribution < -0.4 is 4.74 Å². The Hall–Kier alpha value is -2.47. The molecule has 0 N–H and O–H groups in total. The summed E-state index contributed by atoms with van der Waals surface area (Å²) in [4.78, 5) is 8.70. The van der Waals surface area contributed by atoms with E-state index >= 15 is 0 Å². The van der Waals surface area contributed by atoms with Crippen LogP contribution in [0, 0.1) is 0 Å². The number of ether oxygens (including phenoxy) is 2. The summed E-state index contributed by atoms with van der Waals surface area (Å²) in [6.07, 6.45) is 0. The zero-order valence-corrected chi connectivity index (χ0v) is 11.2. The third-order valence-corrected chi connectivity index (χ3v) is 2.87. The van der Waals surface area contributed by atoms with Crippen LogP contribution in [0.15, 0.2) is 34.9 Å². The number of benzene rings is 1. The first-order valence-corrected chi connectivity index (χ1v) is 6.07. The lowest BCUT2D eigenvalue weighted by Gasteiger charge is -2.05. The molecule has 0 aliphatic heterocycles. The van der Waals surface area contributed by atoms with Crippen molar-refractivity contribution in [3.05, 3.63) is 36.2 Å². The first-order valence-electron chi connectivity index (χ1n) is 6.07. The van der Waals surface area contributed by atoms with Crippen LogP contribution in [0.4, 0.5) is 0 Å². The third kappa shape index (κ3) is 2.21. The van der Waals surface area contributed by atoms with E-state index in [0.29, 0.717) is 24.2 Å². The van der Waals surface area contributed by atoms with Gasteiger partial charge in [-0.25, -0.2) is 4.98 Å². The van der Waals surface area contributed by atoms with Crippen LogP contribution in [0.2, 0.25) is 0 Å². The standard InChI is InChI=1S/C14H13N3O3/c1-18-8-12-16-14(20-17-12)10-7-13(19-2)15-11-6-4-3-5-9(10)11/h3-7H,8H2,1-2H3. The predicted octanol–water partition coefficient (Wildman–Crippen LogP) is 2.44. The van der Waals surface area contributed by atoms with Gasteiger partial charge in [0.25, 0.3) is 5.89 Å². The molecular formula is C14H13N3O3. The van der Waals surface area contributed by atoms with Crippen molar-refractivity contribution in [2.24, 2.45) is 0 Å². The van der Waals surface area contributed by atoms with Crippen LogP contribution in [0.5, 0.6) is 5.88 Å². The molecule has 0 radical (unpaired) electrons. The lowest BCUT2D eigenvalue weighted by atomic mass is 10.1. The maximum Gasteiger partial charge on any atom is 0.258 e. The molecule has 102 valence electrons. The second-order valence-corrected chi connectivity index (χ2v) is 4.18. The zero-order valence-electron chi connectivity index (χ0n) is 11.2. The van der Waals surface area contributed by atoms with Gasteiger partial charge in [-0.1, -0.05) is 23.4 Å². The van der Waals surface area contributed by atoms with Crippen molar-refractivity contribution < 1.29 is 14.0 Å². The molecule has 0 fully saturated rings. The molecule has 0 bridgehead atoms. The highest BCUT2D eigenvalue weighted by Gasteiger charge is 2.14. The van der Waals surface area contributed by atoms with Crippen LogP contribution in [0.3, 0.4) is 0 Å². The second-order valence-electron chi connectivity index (χ2n) is 4.18. The summed E-state index contributed by atoms with van der Waals surface area (Å²) >= 11 is 0. The first kappa shape index (κ1) is 12.6. The second kappa shape index (κ2) is 5.26. The van der Waals surface area contributed by atoms with E-state index in [2.05, 4.69) is 15.1 Å². The van der Waals surface area contributed by atoms with E-state index in [1.54, 1.807) is 20.3 Å². The molecule has 0 aliphatic rings. The summed E-state index contributed by atoms with van der Waals surface area (Å²) in [7, 11) is 3.16. The fourth-order valence-electron chi connectivity index (χ4n) is 1.98. The molecule has 0 saturated heterocycles. The monoisotopic (exact) mass is 271 g/mol. The summed E-state index contributed by atoms with van der Waals surface area (Å²) in [6, 6.07) is 9.51. The molecule has 6 nitrogen and oxygen atoms in total. The lowest BCUT2D eigenvalue weighted by Crippen LogP contribution is -1.92. The number of methoxy groups -OCH3 is 2. The fourth-order valence-corrected chi connectivity index (χ4v) is 1.98. The van der Waals surface area contributed by atoms with Crippen LogP contribution in [0.1, 0.15) is 5.82 Å². The van der Waals surface area contributed by atoms with Crippen LogP contribution in [-0.4, -0.2) is 29.3 Å².